The van der Waals surface area contributed by atoms with Crippen LogP contribution in [-0.4, -0.2) is 16.6 Å². The molecule has 0 radical (unpaired) electrons. The Morgan fingerprint density at radius 3 is 2.90 bits per heavy atom. The smallest absolute Gasteiger partial charge is 0.190 e. The summed E-state index contributed by atoms with van der Waals surface area (Å²) in [6, 6.07) is 8.67. The predicted octanol–water partition coefficient (Wildman–Crippen LogP) is 3.99. The average molecular weight is 300 g/mol. The van der Waals surface area contributed by atoms with Gasteiger partial charge in [-0.05, 0) is 43.7 Å². The van der Waals surface area contributed by atoms with E-state index in [4.69, 9.17) is 4.98 Å². The van der Waals surface area contributed by atoms with E-state index in [2.05, 4.69) is 29.2 Å². The number of hydrogen-bond donors (Lipinski definition) is 1. The summed E-state index contributed by atoms with van der Waals surface area (Å²) in [7, 11) is 0. The second-order valence-electron chi connectivity index (χ2n) is 5.97. The van der Waals surface area contributed by atoms with Gasteiger partial charge in [0.2, 0.25) is 0 Å². The van der Waals surface area contributed by atoms with Crippen LogP contribution in [-0.2, 0) is 13.0 Å². The number of aromatic nitrogens is 1. The van der Waals surface area contributed by atoms with Crippen LogP contribution < -0.4 is 4.90 Å². The van der Waals surface area contributed by atoms with Crippen LogP contribution in [0.15, 0.2) is 24.3 Å². The van der Waals surface area contributed by atoms with Crippen LogP contribution in [0.3, 0.4) is 0 Å². The Labute approximate surface area is 129 Å². The Morgan fingerprint density at radius 2 is 2.10 bits per heavy atom. The number of benzene rings is 1. The molecule has 1 aliphatic heterocycles. The number of thiazole rings is 1. The first-order valence-corrected chi connectivity index (χ1v) is 8.64. The highest BCUT2D eigenvalue weighted by Crippen LogP contribution is 2.45. The third-order valence-electron chi connectivity index (χ3n) is 4.42. The number of aliphatic hydroxyl groups excluding tert-OH is 1. The van der Waals surface area contributed by atoms with Crippen LogP contribution in [0.5, 0.6) is 0 Å². The van der Waals surface area contributed by atoms with E-state index in [9.17, 15) is 5.11 Å². The molecule has 2 aliphatic rings. The summed E-state index contributed by atoms with van der Waals surface area (Å²) in [5.41, 5.74) is 3.87. The van der Waals surface area contributed by atoms with Crippen LogP contribution >= 0.6 is 11.3 Å². The molecule has 4 rings (SSSR count). The summed E-state index contributed by atoms with van der Waals surface area (Å²) in [5, 5.41) is 10.7. The molecule has 0 saturated heterocycles. The van der Waals surface area contributed by atoms with Crippen LogP contribution in [0.1, 0.15) is 47.7 Å². The van der Waals surface area contributed by atoms with Gasteiger partial charge in [0, 0.05) is 18.2 Å². The molecule has 1 aliphatic carbocycles. The summed E-state index contributed by atoms with van der Waals surface area (Å²) in [6.07, 6.45) is 6.04. The second-order valence-corrected chi connectivity index (χ2v) is 7.04. The highest BCUT2D eigenvalue weighted by molar-refractivity contribution is 7.15. The predicted molar refractivity (Wildman–Crippen MR) is 86.4 cm³/mol. The number of hydrogen-bond acceptors (Lipinski definition) is 4. The van der Waals surface area contributed by atoms with Gasteiger partial charge in [-0.2, -0.15) is 0 Å². The third kappa shape index (κ3) is 2.47. The molecule has 1 aromatic heterocycles. The normalized spacial score (nSPS) is 18.4. The van der Waals surface area contributed by atoms with Gasteiger partial charge in [0.25, 0.3) is 0 Å². The lowest BCUT2D eigenvalue weighted by Gasteiger charge is -2.21. The van der Waals surface area contributed by atoms with Crippen molar-refractivity contribution in [3.8, 4) is 0 Å². The minimum atomic E-state index is 0.124. The first-order chi connectivity index (χ1) is 10.4. The molecule has 1 fully saturated rings. The molecule has 2 aromatic rings. The first-order valence-electron chi connectivity index (χ1n) is 7.82. The Balaban J connectivity index is 1.75. The fourth-order valence-electron chi connectivity index (χ4n) is 3.15. The molecule has 3 nitrogen and oxygen atoms in total. The number of nitrogens with zero attached hydrogens (tertiary/aromatic N) is 2. The summed E-state index contributed by atoms with van der Waals surface area (Å²) in [6.45, 7) is 1.15. The summed E-state index contributed by atoms with van der Waals surface area (Å²) in [5.74, 6) is 0.597. The van der Waals surface area contributed by atoms with E-state index in [1.165, 1.54) is 36.9 Å². The van der Waals surface area contributed by atoms with Gasteiger partial charge in [0.1, 0.15) is 0 Å². The molecular weight excluding hydrogens is 280 g/mol. The maximum Gasteiger partial charge on any atom is 0.190 e. The van der Waals surface area contributed by atoms with E-state index >= 15 is 0 Å². The Hall–Kier alpha value is -1.39. The fraction of sp³-hybridized carbons (Fsp3) is 0.471. The zero-order valence-electron chi connectivity index (χ0n) is 12.1. The maximum atomic E-state index is 9.61. The Kier molecular flexibility index (Phi) is 3.43. The Morgan fingerprint density at radius 1 is 1.24 bits per heavy atom. The molecule has 1 saturated carbocycles. The van der Waals surface area contributed by atoms with Crippen molar-refractivity contribution in [1.29, 1.82) is 0 Å². The molecule has 2 heterocycles. The maximum absolute atomic E-state index is 9.61. The zero-order chi connectivity index (χ0) is 14.2. The lowest BCUT2D eigenvalue weighted by Crippen LogP contribution is -2.17. The number of aryl methyl sites for hydroxylation is 1. The van der Waals surface area contributed by atoms with Crippen molar-refractivity contribution in [3.05, 3.63) is 40.4 Å². The van der Waals surface area contributed by atoms with Crippen molar-refractivity contribution < 1.29 is 5.11 Å². The van der Waals surface area contributed by atoms with E-state index in [1.54, 1.807) is 11.3 Å². The number of aliphatic hydroxyl groups is 1. The minimum Gasteiger partial charge on any atom is -0.391 e. The lowest BCUT2D eigenvalue weighted by molar-refractivity contribution is 0.284. The number of anilines is 2. The molecule has 0 bridgehead atoms. The van der Waals surface area contributed by atoms with Crippen molar-refractivity contribution in [2.75, 3.05) is 11.4 Å². The van der Waals surface area contributed by atoms with Gasteiger partial charge in [-0.25, -0.2) is 4.98 Å². The average Bonchev–Trinajstić information content (AvgIpc) is 3.31. The van der Waals surface area contributed by atoms with E-state index in [-0.39, 0.29) is 6.61 Å². The van der Waals surface area contributed by atoms with Crippen molar-refractivity contribution in [3.63, 3.8) is 0 Å². The van der Waals surface area contributed by atoms with Gasteiger partial charge in [-0.3, -0.25) is 0 Å². The second kappa shape index (κ2) is 5.43. The van der Waals surface area contributed by atoms with Crippen LogP contribution in [0, 0.1) is 0 Å². The SMILES string of the molecule is OCc1sc(N2CCCCc3ccccc32)nc1C1CC1. The molecule has 0 unspecified atom stereocenters. The molecule has 0 amide bonds. The van der Waals surface area contributed by atoms with Crippen molar-refractivity contribution >= 4 is 22.2 Å². The van der Waals surface area contributed by atoms with E-state index in [1.807, 2.05) is 0 Å². The first kappa shape index (κ1) is 13.3. The molecule has 4 heteroatoms. The van der Waals surface area contributed by atoms with E-state index < -0.39 is 0 Å². The Bertz CT molecular complexity index is 648. The molecule has 0 atom stereocenters. The van der Waals surface area contributed by atoms with Gasteiger partial charge in [-0.1, -0.05) is 29.5 Å². The van der Waals surface area contributed by atoms with Crippen LogP contribution in [0.25, 0.3) is 0 Å². The monoisotopic (exact) mass is 300 g/mol. The largest absolute Gasteiger partial charge is 0.391 e. The zero-order valence-corrected chi connectivity index (χ0v) is 12.9. The van der Waals surface area contributed by atoms with Gasteiger partial charge in [0.05, 0.1) is 17.2 Å². The number of fused-ring (bicyclic) bond motifs is 1. The van der Waals surface area contributed by atoms with Crippen molar-refractivity contribution in [1.82, 2.24) is 4.98 Å². The van der Waals surface area contributed by atoms with Gasteiger partial charge >= 0.3 is 0 Å². The van der Waals surface area contributed by atoms with E-state index in [0.29, 0.717) is 5.92 Å². The van der Waals surface area contributed by atoms with Gasteiger partial charge in [-0.15, -0.1) is 0 Å². The van der Waals surface area contributed by atoms with Gasteiger partial charge in [0.15, 0.2) is 5.13 Å². The summed E-state index contributed by atoms with van der Waals surface area (Å²) in [4.78, 5) is 8.31. The summed E-state index contributed by atoms with van der Waals surface area (Å²) >= 11 is 1.67. The molecular formula is C17H20N2OS. The molecule has 0 spiro atoms. The quantitative estimate of drug-likeness (QED) is 0.931. The van der Waals surface area contributed by atoms with Gasteiger partial charge < -0.3 is 10.0 Å². The highest BCUT2D eigenvalue weighted by atomic mass is 32.1. The molecule has 110 valence electrons. The number of para-hydroxylation sites is 1. The van der Waals surface area contributed by atoms with Crippen LogP contribution in [0.4, 0.5) is 10.8 Å². The van der Waals surface area contributed by atoms with Crippen LogP contribution in [0.2, 0.25) is 0 Å². The fourth-order valence-corrected chi connectivity index (χ4v) is 4.19. The molecule has 1 aromatic carbocycles. The highest BCUT2D eigenvalue weighted by Gasteiger charge is 2.31. The topological polar surface area (TPSA) is 36.4 Å². The minimum absolute atomic E-state index is 0.124. The number of rotatable bonds is 3. The van der Waals surface area contributed by atoms with Crippen molar-refractivity contribution in [2.24, 2.45) is 0 Å². The standard InChI is InChI=1S/C17H20N2OS/c20-11-15-16(13-8-9-13)18-17(21-15)19-10-4-3-6-12-5-1-2-7-14(12)19/h1-2,5,7,13,20H,3-4,6,8-11H2. The summed E-state index contributed by atoms with van der Waals surface area (Å²) < 4.78 is 0. The van der Waals surface area contributed by atoms with Crippen molar-refractivity contribution in [2.45, 2.75) is 44.6 Å². The lowest BCUT2D eigenvalue weighted by atomic mass is 10.1. The molecule has 1 N–H and O–H groups in total. The van der Waals surface area contributed by atoms with E-state index in [0.717, 1.165) is 28.7 Å². The third-order valence-corrected chi connectivity index (χ3v) is 5.49. The molecule has 21 heavy (non-hydrogen) atoms.